The van der Waals surface area contributed by atoms with Gasteiger partial charge in [0.05, 0.1) is 0 Å². The van der Waals surface area contributed by atoms with Crippen LogP contribution >= 0.6 is 0 Å². The second-order valence-electron chi connectivity index (χ2n) is 2.93. The van der Waals surface area contributed by atoms with Crippen molar-refractivity contribution < 1.29 is 13.6 Å². The molecule has 0 amide bonds. The van der Waals surface area contributed by atoms with Gasteiger partial charge >= 0.3 is 0 Å². The molecule has 13 heavy (non-hydrogen) atoms. The molecule has 1 aromatic carbocycles. The smallest absolute Gasteiger partial charge is 0.203 e. The third-order valence-corrected chi connectivity index (χ3v) is 1.96. The third-order valence-electron chi connectivity index (χ3n) is 1.96. The average molecular weight is 185 g/mol. The molecule has 0 N–H and O–H groups in total. The van der Waals surface area contributed by atoms with E-state index in [2.05, 4.69) is 0 Å². The van der Waals surface area contributed by atoms with Crippen molar-refractivity contribution in [3.63, 3.8) is 0 Å². The Morgan fingerprint density at radius 1 is 1.23 bits per heavy atom. The fourth-order valence-corrected chi connectivity index (χ4v) is 1.07. The molecule has 70 valence electrons. The van der Waals surface area contributed by atoms with Crippen LogP contribution in [0.1, 0.15) is 6.42 Å². The van der Waals surface area contributed by atoms with Gasteiger partial charge in [-0.1, -0.05) is 6.07 Å². The van der Waals surface area contributed by atoms with Gasteiger partial charge in [-0.25, -0.2) is 4.39 Å². The van der Waals surface area contributed by atoms with Crippen LogP contribution in [0.15, 0.2) is 18.2 Å². The zero-order valence-corrected chi connectivity index (χ0v) is 6.96. The lowest BCUT2D eigenvalue weighted by Gasteiger charge is -2.29. The van der Waals surface area contributed by atoms with Gasteiger partial charge in [-0.15, -0.1) is 5.06 Å². The number of hydrogen-bond donors (Lipinski definition) is 0. The van der Waals surface area contributed by atoms with E-state index in [0.717, 1.165) is 25.6 Å². The van der Waals surface area contributed by atoms with E-state index in [1.165, 1.54) is 12.1 Å². The predicted octanol–water partition coefficient (Wildman–Crippen LogP) is 1.96. The Kier molecular flexibility index (Phi) is 2.14. The highest BCUT2D eigenvalue weighted by molar-refractivity contribution is 5.24. The van der Waals surface area contributed by atoms with E-state index in [1.54, 1.807) is 5.06 Å². The van der Waals surface area contributed by atoms with E-state index >= 15 is 0 Å². The zero-order chi connectivity index (χ0) is 9.26. The van der Waals surface area contributed by atoms with Crippen LogP contribution < -0.4 is 4.84 Å². The molecular weight excluding hydrogens is 176 g/mol. The summed E-state index contributed by atoms with van der Waals surface area (Å²) in [6.45, 7) is 1.55. The monoisotopic (exact) mass is 185 g/mol. The van der Waals surface area contributed by atoms with Gasteiger partial charge in [0.2, 0.25) is 5.82 Å². The molecule has 1 aliphatic rings. The van der Waals surface area contributed by atoms with Crippen molar-refractivity contribution in [2.24, 2.45) is 0 Å². The Bertz CT molecular complexity index is 312. The summed E-state index contributed by atoms with van der Waals surface area (Å²) in [5.74, 6) is -1.84. The summed E-state index contributed by atoms with van der Waals surface area (Å²) in [6, 6.07) is 3.91. The Hall–Kier alpha value is -1.16. The van der Waals surface area contributed by atoms with E-state index in [-0.39, 0.29) is 5.75 Å². The zero-order valence-electron chi connectivity index (χ0n) is 6.96. The van der Waals surface area contributed by atoms with Gasteiger partial charge < -0.3 is 4.84 Å². The molecule has 0 saturated carbocycles. The Balaban J connectivity index is 2.14. The average Bonchev–Trinajstić information content (AvgIpc) is 2.04. The molecule has 0 unspecified atom stereocenters. The highest BCUT2D eigenvalue weighted by atomic mass is 19.2. The lowest BCUT2D eigenvalue weighted by atomic mass is 10.3. The van der Waals surface area contributed by atoms with Crippen LogP contribution in [-0.4, -0.2) is 18.2 Å². The fraction of sp³-hybridized carbons (Fsp3) is 0.333. The minimum atomic E-state index is -0.922. The number of benzene rings is 1. The first-order valence-electron chi connectivity index (χ1n) is 4.14. The van der Waals surface area contributed by atoms with Gasteiger partial charge in [-0.05, 0) is 18.6 Å². The molecule has 1 saturated heterocycles. The van der Waals surface area contributed by atoms with E-state index in [4.69, 9.17) is 4.84 Å². The van der Waals surface area contributed by atoms with Crippen LogP contribution in [0.5, 0.6) is 5.75 Å². The molecule has 0 aromatic heterocycles. The Morgan fingerprint density at radius 2 is 2.00 bits per heavy atom. The largest absolute Gasteiger partial charge is 0.403 e. The maximum atomic E-state index is 13.0. The molecule has 1 aromatic rings. The lowest BCUT2D eigenvalue weighted by Crippen LogP contribution is -2.40. The van der Waals surface area contributed by atoms with Crippen molar-refractivity contribution in [3.05, 3.63) is 29.8 Å². The van der Waals surface area contributed by atoms with Crippen molar-refractivity contribution in [2.45, 2.75) is 6.42 Å². The number of nitrogens with zero attached hydrogens (tertiary/aromatic N) is 1. The molecule has 0 bridgehead atoms. The minimum absolute atomic E-state index is 0.0419. The second-order valence-corrected chi connectivity index (χ2v) is 2.93. The van der Waals surface area contributed by atoms with Crippen LogP contribution in [0.4, 0.5) is 8.78 Å². The molecule has 1 fully saturated rings. The summed E-state index contributed by atoms with van der Waals surface area (Å²) < 4.78 is 25.7. The molecule has 1 heterocycles. The SMILES string of the molecule is Fc1cccc(ON2CCC2)c1F. The van der Waals surface area contributed by atoms with Crippen molar-refractivity contribution in [1.29, 1.82) is 0 Å². The van der Waals surface area contributed by atoms with Gasteiger partial charge in [0.1, 0.15) is 0 Å². The predicted molar refractivity (Wildman–Crippen MR) is 43.2 cm³/mol. The Labute approximate surface area is 74.7 Å². The molecule has 0 spiro atoms. The van der Waals surface area contributed by atoms with E-state index < -0.39 is 11.6 Å². The van der Waals surface area contributed by atoms with Crippen LogP contribution in [-0.2, 0) is 0 Å². The number of halogens is 2. The molecule has 2 nitrogen and oxygen atoms in total. The molecule has 2 rings (SSSR count). The summed E-state index contributed by atoms with van der Waals surface area (Å²) in [5.41, 5.74) is 0. The summed E-state index contributed by atoms with van der Waals surface area (Å²) in [7, 11) is 0. The van der Waals surface area contributed by atoms with Gasteiger partial charge in [0, 0.05) is 13.1 Å². The molecule has 0 aliphatic carbocycles. The highest BCUT2D eigenvalue weighted by Gasteiger charge is 2.18. The summed E-state index contributed by atoms with van der Waals surface area (Å²) in [6.07, 6.45) is 1.04. The lowest BCUT2D eigenvalue weighted by molar-refractivity contribution is -0.110. The van der Waals surface area contributed by atoms with E-state index in [1.807, 2.05) is 0 Å². The topological polar surface area (TPSA) is 12.5 Å². The number of hydrogen-bond acceptors (Lipinski definition) is 2. The molecular formula is C9H9F2NO. The van der Waals surface area contributed by atoms with Crippen LogP contribution in [0.25, 0.3) is 0 Å². The van der Waals surface area contributed by atoms with Gasteiger partial charge in [-0.3, -0.25) is 0 Å². The minimum Gasteiger partial charge on any atom is -0.403 e. The highest BCUT2D eigenvalue weighted by Crippen LogP contribution is 2.21. The van der Waals surface area contributed by atoms with Crippen LogP contribution in [0, 0.1) is 11.6 Å². The maximum absolute atomic E-state index is 13.0. The summed E-state index contributed by atoms with van der Waals surface area (Å²) >= 11 is 0. The summed E-state index contributed by atoms with van der Waals surface area (Å²) in [4.78, 5) is 5.08. The van der Waals surface area contributed by atoms with Crippen LogP contribution in [0.2, 0.25) is 0 Å². The molecule has 1 aliphatic heterocycles. The first kappa shape index (κ1) is 8.44. The molecule has 4 heteroatoms. The first-order chi connectivity index (χ1) is 6.27. The first-order valence-corrected chi connectivity index (χ1v) is 4.14. The van der Waals surface area contributed by atoms with Crippen molar-refractivity contribution >= 4 is 0 Å². The van der Waals surface area contributed by atoms with Gasteiger partial charge in [-0.2, -0.15) is 4.39 Å². The number of rotatable bonds is 2. The standard InChI is InChI=1S/C9H9F2NO/c10-7-3-1-4-8(9(7)11)13-12-5-2-6-12/h1,3-4H,2,5-6H2. The fourth-order valence-electron chi connectivity index (χ4n) is 1.07. The van der Waals surface area contributed by atoms with Gasteiger partial charge in [0.15, 0.2) is 11.6 Å². The molecule has 0 radical (unpaired) electrons. The summed E-state index contributed by atoms with van der Waals surface area (Å²) in [5, 5.41) is 1.60. The Morgan fingerprint density at radius 3 is 2.62 bits per heavy atom. The van der Waals surface area contributed by atoms with Gasteiger partial charge in [0.25, 0.3) is 0 Å². The van der Waals surface area contributed by atoms with Crippen LogP contribution in [0.3, 0.4) is 0 Å². The van der Waals surface area contributed by atoms with E-state index in [0.29, 0.717) is 0 Å². The quantitative estimate of drug-likeness (QED) is 0.698. The van der Waals surface area contributed by atoms with Crippen molar-refractivity contribution in [2.75, 3.05) is 13.1 Å². The van der Waals surface area contributed by atoms with Crippen molar-refractivity contribution in [3.8, 4) is 5.75 Å². The number of hydroxylamine groups is 2. The molecule has 0 atom stereocenters. The third kappa shape index (κ3) is 1.62. The van der Waals surface area contributed by atoms with E-state index in [9.17, 15) is 8.78 Å². The van der Waals surface area contributed by atoms with Crippen molar-refractivity contribution in [1.82, 2.24) is 5.06 Å². The second kappa shape index (κ2) is 3.30. The normalized spacial score (nSPS) is 16.8. The maximum Gasteiger partial charge on any atom is 0.203 e.